The second kappa shape index (κ2) is 10.7. The number of aromatic nitrogens is 2. The summed E-state index contributed by atoms with van der Waals surface area (Å²) in [6.45, 7) is 9.10. The number of nitrogens with zero attached hydrogens (tertiary/aromatic N) is 4. The van der Waals surface area contributed by atoms with Crippen molar-refractivity contribution >= 4 is 11.8 Å². The van der Waals surface area contributed by atoms with E-state index in [1.807, 2.05) is 30.3 Å². The minimum atomic E-state index is 0.151. The van der Waals surface area contributed by atoms with Crippen LogP contribution in [0.3, 0.4) is 0 Å². The maximum atomic E-state index is 6.23. The van der Waals surface area contributed by atoms with Crippen LogP contribution in [-0.2, 0) is 17.8 Å². The van der Waals surface area contributed by atoms with Gasteiger partial charge in [0.15, 0.2) is 0 Å². The van der Waals surface area contributed by atoms with Crippen molar-refractivity contribution in [3.05, 3.63) is 71.8 Å². The van der Waals surface area contributed by atoms with Gasteiger partial charge in [-0.15, -0.1) is 0 Å². The Bertz CT molecular complexity index is 1130. The molecule has 5 rings (SSSR count). The van der Waals surface area contributed by atoms with Crippen molar-refractivity contribution in [1.82, 2.24) is 9.97 Å². The Morgan fingerprint density at radius 2 is 1.69 bits per heavy atom. The van der Waals surface area contributed by atoms with E-state index < -0.39 is 0 Å². The molecule has 1 atom stereocenters. The summed E-state index contributed by atoms with van der Waals surface area (Å²) in [5, 5.41) is 0. The molecule has 1 unspecified atom stereocenters. The van der Waals surface area contributed by atoms with Gasteiger partial charge in [0.2, 0.25) is 11.8 Å². The highest BCUT2D eigenvalue weighted by molar-refractivity contribution is 5.50. The predicted octanol–water partition coefficient (Wildman–Crippen LogP) is 4.75. The highest BCUT2D eigenvalue weighted by Crippen LogP contribution is 2.40. The van der Waals surface area contributed by atoms with E-state index in [1.54, 1.807) is 7.11 Å². The first kappa shape index (κ1) is 24.4. The van der Waals surface area contributed by atoms with Gasteiger partial charge in [0.25, 0.3) is 0 Å². The van der Waals surface area contributed by atoms with Crippen molar-refractivity contribution < 1.29 is 14.2 Å². The van der Waals surface area contributed by atoms with E-state index in [-0.39, 0.29) is 5.41 Å². The fourth-order valence-electron chi connectivity index (χ4n) is 5.05. The van der Waals surface area contributed by atoms with Crippen LogP contribution in [0.1, 0.15) is 31.4 Å². The lowest BCUT2D eigenvalue weighted by Gasteiger charge is -2.34. The highest BCUT2D eigenvalue weighted by atomic mass is 16.5. The average Bonchev–Trinajstić information content (AvgIpc) is 3.22. The molecule has 2 saturated heterocycles. The van der Waals surface area contributed by atoms with Crippen molar-refractivity contribution in [2.75, 3.05) is 49.8 Å². The highest BCUT2D eigenvalue weighted by Gasteiger charge is 2.41. The van der Waals surface area contributed by atoms with Gasteiger partial charge in [0.1, 0.15) is 18.2 Å². The van der Waals surface area contributed by atoms with E-state index in [4.69, 9.17) is 24.2 Å². The van der Waals surface area contributed by atoms with E-state index in [0.717, 1.165) is 55.6 Å². The first-order valence-electron chi connectivity index (χ1n) is 12.8. The van der Waals surface area contributed by atoms with E-state index in [9.17, 15) is 0 Å². The first-order chi connectivity index (χ1) is 17.5. The summed E-state index contributed by atoms with van der Waals surface area (Å²) in [5.74, 6) is 3.07. The number of hydrogen-bond acceptors (Lipinski definition) is 7. The van der Waals surface area contributed by atoms with Gasteiger partial charge < -0.3 is 24.0 Å². The molecule has 3 aromatic rings. The van der Waals surface area contributed by atoms with Gasteiger partial charge in [0.05, 0.1) is 20.3 Å². The molecule has 7 heteroatoms. The third-order valence-corrected chi connectivity index (χ3v) is 7.36. The van der Waals surface area contributed by atoms with E-state index in [0.29, 0.717) is 31.7 Å². The van der Waals surface area contributed by atoms with Crippen molar-refractivity contribution in [2.45, 2.75) is 39.3 Å². The van der Waals surface area contributed by atoms with Crippen LogP contribution in [0.2, 0.25) is 0 Å². The summed E-state index contributed by atoms with van der Waals surface area (Å²) < 4.78 is 17.1. The minimum Gasteiger partial charge on any atom is -0.497 e. The lowest BCUT2D eigenvalue weighted by Crippen LogP contribution is -2.40. The molecule has 0 aliphatic carbocycles. The third-order valence-electron chi connectivity index (χ3n) is 7.36. The standard InChI is InChI=1S/C29H36N4O3/c1-29(2)13-14-33(25(29)19-22-7-5-4-6-8-22)28-30-26(32-15-17-35-18-16-32)20-27(31-28)36-21-23-9-11-24(34-3)12-10-23/h4-12,20,25H,13-19,21H2,1-3H3. The molecule has 0 bridgehead atoms. The second-order valence-corrected chi connectivity index (χ2v) is 10.2. The molecule has 1 aromatic heterocycles. The van der Waals surface area contributed by atoms with Crippen LogP contribution < -0.4 is 19.3 Å². The Kier molecular flexibility index (Phi) is 7.28. The molecule has 2 aliphatic heterocycles. The van der Waals surface area contributed by atoms with Gasteiger partial charge in [-0.25, -0.2) is 0 Å². The number of ether oxygens (including phenoxy) is 3. The van der Waals surface area contributed by atoms with Gasteiger partial charge in [-0.3, -0.25) is 0 Å². The van der Waals surface area contributed by atoms with E-state index in [2.05, 4.69) is 54.0 Å². The maximum absolute atomic E-state index is 6.23. The summed E-state index contributed by atoms with van der Waals surface area (Å²) >= 11 is 0. The minimum absolute atomic E-state index is 0.151. The van der Waals surface area contributed by atoms with Gasteiger partial charge in [0, 0.05) is 31.7 Å². The molecule has 0 radical (unpaired) electrons. The van der Waals surface area contributed by atoms with Crippen molar-refractivity contribution in [3.63, 3.8) is 0 Å². The molecule has 0 spiro atoms. The van der Waals surface area contributed by atoms with Crippen molar-refractivity contribution in [2.24, 2.45) is 5.41 Å². The summed E-state index contributed by atoms with van der Waals surface area (Å²) in [6.07, 6.45) is 2.05. The van der Waals surface area contributed by atoms with Crippen LogP contribution in [-0.4, -0.2) is 56.0 Å². The van der Waals surface area contributed by atoms with Gasteiger partial charge >= 0.3 is 0 Å². The zero-order valence-corrected chi connectivity index (χ0v) is 21.5. The number of benzene rings is 2. The molecule has 7 nitrogen and oxygen atoms in total. The molecule has 0 N–H and O–H groups in total. The number of morpholine rings is 1. The zero-order chi connectivity index (χ0) is 25.0. The van der Waals surface area contributed by atoms with Crippen LogP contribution in [0, 0.1) is 5.41 Å². The maximum Gasteiger partial charge on any atom is 0.230 e. The summed E-state index contributed by atoms with van der Waals surface area (Å²) in [6, 6.07) is 20.9. The van der Waals surface area contributed by atoms with E-state index in [1.165, 1.54) is 5.56 Å². The fourth-order valence-corrected chi connectivity index (χ4v) is 5.05. The summed E-state index contributed by atoms with van der Waals surface area (Å²) in [5.41, 5.74) is 2.55. The Labute approximate surface area is 214 Å². The molecule has 0 saturated carbocycles. The Morgan fingerprint density at radius 1 is 0.944 bits per heavy atom. The first-order valence-corrected chi connectivity index (χ1v) is 12.8. The molecule has 2 fully saturated rings. The largest absolute Gasteiger partial charge is 0.497 e. The smallest absolute Gasteiger partial charge is 0.230 e. The molecule has 190 valence electrons. The molecule has 0 amide bonds. The quantitative estimate of drug-likeness (QED) is 0.454. The Hall–Kier alpha value is -3.32. The van der Waals surface area contributed by atoms with Gasteiger partial charge in [-0.05, 0) is 41.5 Å². The topological polar surface area (TPSA) is 60.0 Å². The van der Waals surface area contributed by atoms with Crippen LogP contribution in [0.25, 0.3) is 0 Å². The Morgan fingerprint density at radius 3 is 2.42 bits per heavy atom. The van der Waals surface area contributed by atoms with Crippen LogP contribution in [0.15, 0.2) is 60.7 Å². The Balaban J connectivity index is 1.43. The molecular formula is C29H36N4O3. The number of rotatable bonds is 8. The van der Waals surface area contributed by atoms with Crippen LogP contribution in [0.5, 0.6) is 11.6 Å². The van der Waals surface area contributed by atoms with E-state index >= 15 is 0 Å². The molecule has 2 aromatic carbocycles. The lowest BCUT2D eigenvalue weighted by atomic mass is 9.81. The SMILES string of the molecule is COc1ccc(COc2cc(N3CCOCC3)nc(N3CCC(C)(C)C3Cc3ccccc3)n2)cc1. The molecule has 36 heavy (non-hydrogen) atoms. The lowest BCUT2D eigenvalue weighted by molar-refractivity contribution is 0.122. The fraction of sp³-hybridized carbons (Fsp3) is 0.448. The molecular weight excluding hydrogens is 452 g/mol. The van der Waals surface area contributed by atoms with Crippen molar-refractivity contribution in [3.8, 4) is 11.6 Å². The molecule has 3 heterocycles. The number of anilines is 2. The number of methoxy groups -OCH3 is 1. The van der Waals surface area contributed by atoms with Crippen LogP contribution >= 0.6 is 0 Å². The number of hydrogen-bond donors (Lipinski definition) is 0. The monoisotopic (exact) mass is 488 g/mol. The predicted molar refractivity (Wildman–Crippen MR) is 142 cm³/mol. The zero-order valence-electron chi connectivity index (χ0n) is 21.5. The summed E-state index contributed by atoms with van der Waals surface area (Å²) in [7, 11) is 1.67. The summed E-state index contributed by atoms with van der Waals surface area (Å²) in [4.78, 5) is 14.6. The van der Waals surface area contributed by atoms with Crippen LogP contribution in [0.4, 0.5) is 11.8 Å². The average molecular weight is 489 g/mol. The normalized spacial score (nSPS) is 19.4. The second-order valence-electron chi connectivity index (χ2n) is 10.2. The third kappa shape index (κ3) is 5.57. The van der Waals surface area contributed by atoms with Crippen molar-refractivity contribution in [1.29, 1.82) is 0 Å². The van der Waals surface area contributed by atoms with Gasteiger partial charge in [-0.1, -0.05) is 56.3 Å². The van der Waals surface area contributed by atoms with Gasteiger partial charge in [-0.2, -0.15) is 9.97 Å². The molecule has 2 aliphatic rings.